The Kier molecular flexibility index (Phi) is 7.75. The van der Waals surface area contributed by atoms with Crippen LogP contribution in [0.5, 0.6) is 11.5 Å². The topological polar surface area (TPSA) is 56.4 Å². The van der Waals surface area contributed by atoms with Crippen molar-refractivity contribution >= 4 is 23.2 Å². The third kappa shape index (κ3) is 6.35. The summed E-state index contributed by atoms with van der Waals surface area (Å²) in [5.41, 5.74) is 0.783. The molecule has 0 aliphatic carbocycles. The highest BCUT2D eigenvalue weighted by Crippen LogP contribution is 2.16. The van der Waals surface area contributed by atoms with E-state index < -0.39 is 0 Å². The Morgan fingerprint density at radius 3 is 2.28 bits per heavy atom. The van der Waals surface area contributed by atoms with E-state index in [9.17, 15) is 4.79 Å². The van der Waals surface area contributed by atoms with Gasteiger partial charge in [-0.05, 0) is 55.5 Å². The quantitative estimate of drug-likeness (QED) is 0.585. The van der Waals surface area contributed by atoms with Crippen LogP contribution >= 0.6 is 11.6 Å². The minimum atomic E-state index is -0.0808. The molecule has 3 N–H and O–H groups in total. The fourth-order valence-electron chi connectivity index (χ4n) is 3.56. The Morgan fingerprint density at radius 1 is 1.03 bits per heavy atom. The standard InChI is InChI=1S/C22H28ClN3O3/c1-17(22(27)24-19-5-3-18(23)4-6-19)26-13-11-25(12-14-26)15-16-29-21-9-7-20(28-2)8-10-21/h3-10,17H,11-16H2,1-2H3,(H,24,27)/p+2/t17-/m1/s1. The number of hydrogen-bond acceptors (Lipinski definition) is 3. The first-order chi connectivity index (χ1) is 14.0. The molecule has 1 amide bonds. The predicted molar refractivity (Wildman–Crippen MR) is 114 cm³/mol. The monoisotopic (exact) mass is 419 g/mol. The van der Waals surface area contributed by atoms with E-state index in [-0.39, 0.29) is 11.9 Å². The lowest BCUT2D eigenvalue weighted by Gasteiger charge is -2.32. The normalized spacial score (nSPS) is 20.0. The number of nitrogens with one attached hydrogen (secondary N) is 3. The highest BCUT2D eigenvalue weighted by Gasteiger charge is 2.30. The van der Waals surface area contributed by atoms with Gasteiger partial charge in [0.2, 0.25) is 0 Å². The molecular formula is C22H30ClN3O3+2. The molecule has 0 radical (unpaired) electrons. The molecule has 1 atom stereocenters. The summed E-state index contributed by atoms with van der Waals surface area (Å²) in [6.45, 7) is 7.69. The van der Waals surface area contributed by atoms with E-state index in [4.69, 9.17) is 21.1 Å². The molecule has 3 rings (SSSR count). The summed E-state index contributed by atoms with van der Waals surface area (Å²) >= 11 is 5.90. The average Bonchev–Trinajstić information content (AvgIpc) is 2.76. The number of quaternary nitrogens is 2. The highest BCUT2D eigenvalue weighted by atomic mass is 35.5. The molecule has 0 spiro atoms. The van der Waals surface area contributed by atoms with Gasteiger partial charge in [-0.1, -0.05) is 11.6 Å². The van der Waals surface area contributed by atoms with Crippen LogP contribution in [0.1, 0.15) is 6.92 Å². The van der Waals surface area contributed by atoms with Crippen molar-refractivity contribution in [3.05, 3.63) is 53.6 Å². The lowest BCUT2D eigenvalue weighted by atomic mass is 10.2. The lowest BCUT2D eigenvalue weighted by molar-refractivity contribution is -1.02. The zero-order valence-electron chi connectivity index (χ0n) is 17.0. The summed E-state index contributed by atoms with van der Waals surface area (Å²) in [5, 5.41) is 3.65. The molecule has 1 aliphatic rings. The number of amides is 1. The van der Waals surface area contributed by atoms with E-state index in [1.54, 1.807) is 19.2 Å². The third-order valence-corrected chi connectivity index (χ3v) is 5.75. The molecule has 1 heterocycles. The predicted octanol–water partition coefficient (Wildman–Crippen LogP) is 0.538. The van der Waals surface area contributed by atoms with E-state index in [2.05, 4.69) is 5.32 Å². The minimum Gasteiger partial charge on any atom is -0.497 e. The first kappa shape index (κ1) is 21.4. The van der Waals surface area contributed by atoms with E-state index in [1.807, 2.05) is 43.3 Å². The molecule has 0 unspecified atom stereocenters. The van der Waals surface area contributed by atoms with Gasteiger partial charge in [0.25, 0.3) is 5.91 Å². The van der Waals surface area contributed by atoms with Gasteiger partial charge in [0.1, 0.15) is 50.8 Å². The molecule has 1 saturated heterocycles. The molecule has 29 heavy (non-hydrogen) atoms. The van der Waals surface area contributed by atoms with Gasteiger partial charge in [-0.15, -0.1) is 0 Å². The first-order valence-electron chi connectivity index (χ1n) is 10.1. The molecule has 0 aromatic heterocycles. The second-order valence-electron chi connectivity index (χ2n) is 7.40. The second kappa shape index (κ2) is 10.5. The van der Waals surface area contributed by atoms with Crippen molar-refractivity contribution in [2.75, 3.05) is 51.8 Å². The lowest BCUT2D eigenvalue weighted by Crippen LogP contribution is -3.30. The maximum absolute atomic E-state index is 12.6. The van der Waals surface area contributed by atoms with Crippen LogP contribution < -0.4 is 24.6 Å². The molecule has 1 aliphatic heterocycles. The van der Waals surface area contributed by atoms with Gasteiger partial charge in [0.05, 0.1) is 7.11 Å². The first-order valence-corrected chi connectivity index (χ1v) is 10.4. The molecule has 2 aromatic carbocycles. The van der Waals surface area contributed by atoms with Crippen molar-refractivity contribution in [3.63, 3.8) is 0 Å². The largest absolute Gasteiger partial charge is 0.497 e. The van der Waals surface area contributed by atoms with Gasteiger partial charge in [0, 0.05) is 10.7 Å². The summed E-state index contributed by atoms with van der Waals surface area (Å²) in [6.07, 6.45) is 0. The summed E-state index contributed by atoms with van der Waals surface area (Å²) < 4.78 is 11.0. The molecule has 1 fully saturated rings. The van der Waals surface area contributed by atoms with Gasteiger partial charge in [-0.3, -0.25) is 4.79 Å². The van der Waals surface area contributed by atoms with Crippen molar-refractivity contribution in [2.45, 2.75) is 13.0 Å². The number of halogens is 1. The fraction of sp³-hybridized carbons (Fsp3) is 0.409. The fourth-order valence-corrected chi connectivity index (χ4v) is 3.69. The van der Waals surface area contributed by atoms with Crippen LogP contribution in [0, 0.1) is 0 Å². The van der Waals surface area contributed by atoms with Crippen LogP contribution in [-0.4, -0.2) is 58.4 Å². The van der Waals surface area contributed by atoms with Gasteiger partial charge >= 0.3 is 0 Å². The van der Waals surface area contributed by atoms with Crippen LogP contribution in [0.3, 0.4) is 0 Å². The van der Waals surface area contributed by atoms with Gasteiger partial charge in [0.15, 0.2) is 6.04 Å². The number of carbonyl (C=O) groups excluding carboxylic acids is 1. The second-order valence-corrected chi connectivity index (χ2v) is 7.84. The van der Waals surface area contributed by atoms with Crippen LogP contribution in [0.25, 0.3) is 0 Å². The number of piperazine rings is 1. The van der Waals surface area contributed by atoms with Crippen molar-refractivity contribution in [2.24, 2.45) is 0 Å². The van der Waals surface area contributed by atoms with E-state index >= 15 is 0 Å². The number of rotatable bonds is 8. The SMILES string of the molecule is COc1ccc(OCC[NH+]2CC[NH+]([C@H](C)C(=O)Nc3ccc(Cl)cc3)CC2)cc1. The summed E-state index contributed by atoms with van der Waals surface area (Å²) in [5.74, 6) is 1.74. The van der Waals surface area contributed by atoms with Gasteiger partial charge in [-0.2, -0.15) is 0 Å². The van der Waals surface area contributed by atoms with E-state index in [0.717, 1.165) is 49.9 Å². The molecule has 156 valence electrons. The van der Waals surface area contributed by atoms with Crippen LogP contribution in [-0.2, 0) is 4.79 Å². The number of benzene rings is 2. The number of methoxy groups -OCH3 is 1. The van der Waals surface area contributed by atoms with Crippen LogP contribution in [0.2, 0.25) is 5.02 Å². The molecule has 0 saturated carbocycles. The van der Waals surface area contributed by atoms with Crippen molar-refractivity contribution in [1.82, 2.24) is 0 Å². The van der Waals surface area contributed by atoms with Crippen molar-refractivity contribution < 1.29 is 24.1 Å². The molecule has 2 aromatic rings. The molecular weight excluding hydrogens is 390 g/mol. The highest BCUT2D eigenvalue weighted by molar-refractivity contribution is 6.30. The van der Waals surface area contributed by atoms with Gasteiger partial charge < -0.3 is 24.6 Å². The maximum atomic E-state index is 12.6. The number of carbonyl (C=O) groups is 1. The number of anilines is 1. The molecule has 0 bridgehead atoms. The molecule has 7 heteroatoms. The Morgan fingerprint density at radius 2 is 1.66 bits per heavy atom. The van der Waals surface area contributed by atoms with E-state index in [0.29, 0.717) is 11.6 Å². The molecule has 6 nitrogen and oxygen atoms in total. The van der Waals surface area contributed by atoms with Crippen LogP contribution in [0.4, 0.5) is 5.69 Å². The Bertz CT molecular complexity index is 775. The van der Waals surface area contributed by atoms with Gasteiger partial charge in [-0.25, -0.2) is 0 Å². The summed E-state index contributed by atoms with van der Waals surface area (Å²) in [7, 11) is 1.66. The number of hydrogen-bond donors (Lipinski definition) is 3. The summed E-state index contributed by atoms with van der Waals surface area (Å²) in [6, 6.07) is 14.8. The third-order valence-electron chi connectivity index (χ3n) is 5.50. The van der Waals surface area contributed by atoms with E-state index in [1.165, 1.54) is 9.80 Å². The number of ether oxygens (including phenoxy) is 2. The van der Waals surface area contributed by atoms with Crippen LogP contribution in [0.15, 0.2) is 48.5 Å². The van der Waals surface area contributed by atoms with Crippen molar-refractivity contribution in [1.29, 1.82) is 0 Å². The zero-order chi connectivity index (χ0) is 20.6. The Balaban J connectivity index is 1.37. The minimum absolute atomic E-state index is 0.0496. The Hall–Kier alpha value is -2.28. The average molecular weight is 420 g/mol. The smallest absolute Gasteiger partial charge is 0.282 e. The zero-order valence-corrected chi connectivity index (χ0v) is 17.8. The maximum Gasteiger partial charge on any atom is 0.282 e. The Labute approximate surface area is 177 Å². The summed E-state index contributed by atoms with van der Waals surface area (Å²) in [4.78, 5) is 15.4. The van der Waals surface area contributed by atoms with Crippen molar-refractivity contribution in [3.8, 4) is 11.5 Å².